The standard InChI is InChI=1S/C12H10BrN3/c1-2-16-8-11(7-15-16)10-3-9(6-14)4-12(13)5-10/h3-5,7-8H,2H2,1H3. The molecular weight excluding hydrogens is 266 g/mol. The van der Waals surface area contributed by atoms with Gasteiger partial charge in [-0.3, -0.25) is 4.68 Å². The van der Waals surface area contributed by atoms with Crippen molar-refractivity contribution in [2.45, 2.75) is 13.5 Å². The molecule has 16 heavy (non-hydrogen) atoms. The third-order valence-corrected chi connectivity index (χ3v) is 2.78. The highest BCUT2D eigenvalue weighted by molar-refractivity contribution is 9.10. The van der Waals surface area contributed by atoms with Gasteiger partial charge in [-0.2, -0.15) is 10.4 Å². The monoisotopic (exact) mass is 275 g/mol. The van der Waals surface area contributed by atoms with Crippen LogP contribution in [0.3, 0.4) is 0 Å². The Kier molecular flexibility index (Phi) is 3.07. The number of nitrogens with zero attached hydrogens (tertiary/aromatic N) is 3. The van der Waals surface area contributed by atoms with Crippen LogP contribution in [0.4, 0.5) is 0 Å². The molecule has 1 heterocycles. The Bertz CT molecular complexity index is 552. The van der Waals surface area contributed by atoms with Gasteiger partial charge in [0.15, 0.2) is 0 Å². The van der Waals surface area contributed by atoms with E-state index in [1.165, 1.54) is 0 Å². The van der Waals surface area contributed by atoms with Crippen molar-refractivity contribution in [3.05, 3.63) is 40.6 Å². The van der Waals surface area contributed by atoms with Gasteiger partial charge in [-0.15, -0.1) is 0 Å². The molecule has 3 nitrogen and oxygen atoms in total. The number of benzene rings is 1. The highest BCUT2D eigenvalue weighted by Gasteiger charge is 2.04. The van der Waals surface area contributed by atoms with E-state index >= 15 is 0 Å². The van der Waals surface area contributed by atoms with Gasteiger partial charge in [0.1, 0.15) is 0 Å². The number of nitriles is 1. The van der Waals surface area contributed by atoms with Gasteiger partial charge >= 0.3 is 0 Å². The van der Waals surface area contributed by atoms with Crippen LogP contribution in [0.25, 0.3) is 11.1 Å². The molecule has 0 atom stereocenters. The molecule has 1 aromatic heterocycles. The average Bonchev–Trinajstić information content (AvgIpc) is 2.76. The second kappa shape index (κ2) is 4.50. The van der Waals surface area contributed by atoms with Gasteiger partial charge in [0.05, 0.1) is 17.8 Å². The van der Waals surface area contributed by atoms with E-state index < -0.39 is 0 Å². The van der Waals surface area contributed by atoms with E-state index in [2.05, 4.69) is 27.1 Å². The number of hydrogen-bond donors (Lipinski definition) is 0. The lowest BCUT2D eigenvalue weighted by molar-refractivity contribution is 0.660. The Morgan fingerprint density at radius 2 is 2.19 bits per heavy atom. The second-order valence-corrected chi connectivity index (χ2v) is 4.34. The molecule has 0 aliphatic rings. The smallest absolute Gasteiger partial charge is 0.0992 e. The van der Waals surface area contributed by atoms with E-state index in [-0.39, 0.29) is 0 Å². The highest BCUT2D eigenvalue weighted by atomic mass is 79.9. The van der Waals surface area contributed by atoms with Crippen molar-refractivity contribution in [2.75, 3.05) is 0 Å². The fourth-order valence-electron chi connectivity index (χ4n) is 1.51. The van der Waals surface area contributed by atoms with E-state index in [4.69, 9.17) is 5.26 Å². The van der Waals surface area contributed by atoms with E-state index in [1.807, 2.05) is 36.1 Å². The molecule has 4 heteroatoms. The minimum absolute atomic E-state index is 0.647. The second-order valence-electron chi connectivity index (χ2n) is 3.43. The Labute approximate surface area is 102 Å². The van der Waals surface area contributed by atoms with Crippen molar-refractivity contribution < 1.29 is 0 Å². The molecule has 0 aliphatic carbocycles. The number of aryl methyl sites for hydroxylation is 1. The van der Waals surface area contributed by atoms with E-state index in [0.717, 1.165) is 22.1 Å². The van der Waals surface area contributed by atoms with Crippen LogP contribution in [0, 0.1) is 11.3 Å². The van der Waals surface area contributed by atoms with Crippen LogP contribution in [0.1, 0.15) is 12.5 Å². The minimum Gasteiger partial charge on any atom is -0.272 e. The molecule has 1 aromatic carbocycles. The number of hydrogen-bond acceptors (Lipinski definition) is 2. The summed E-state index contributed by atoms with van der Waals surface area (Å²) in [5.74, 6) is 0. The van der Waals surface area contributed by atoms with Crippen LogP contribution >= 0.6 is 15.9 Å². The molecule has 0 spiro atoms. The van der Waals surface area contributed by atoms with Crippen LogP contribution < -0.4 is 0 Å². The van der Waals surface area contributed by atoms with Crippen molar-refractivity contribution in [1.29, 1.82) is 5.26 Å². The van der Waals surface area contributed by atoms with Gasteiger partial charge in [-0.1, -0.05) is 15.9 Å². The topological polar surface area (TPSA) is 41.6 Å². The zero-order valence-corrected chi connectivity index (χ0v) is 10.4. The van der Waals surface area contributed by atoms with Gasteiger partial charge in [0, 0.05) is 22.8 Å². The fraction of sp³-hybridized carbons (Fsp3) is 0.167. The maximum absolute atomic E-state index is 8.89. The van der Waals surface area contributed by atoms with Gasteiger partial charge in [0.25, 0.3) is 0 Å². The molecule has 2 aromatic rings. The normalized spacial score (nSPS) is 10.1. The Morgan fingerprint density at radius 3 is 2.81 bits per heavy atom. The summed E-state index contributed by atoms with van der Waals surface area (Å²) < 4.78 is 2.77. The Morgan fingerprint density at radius 1 is 1.38 bits per heavy atom. The first kappa shape index (κ1) is 10.9. The Balaban J connectivity index is 2.47. The molecule has 0 aliphatic heterocycles. The third-order valence-electron chi connectivity index (χ3n) is 2.32. The van der Waals surface area contributed by atoms with Crippen LogP contribution in [0.15, 0.2) is 35.1 Å². The number of halogens is 1. The molecule has 0 saturated heterocycles. The van der Waals surface area contributed by atoms with Crippen molar-refractivity contribution in [3.8, 4) is 17.2 Å². The molecule has 0 saturated carbocycles. The lowest BCUT2D eigenvalue weighted by atomic mass is 10.1. The van der Waals surface area contributed by atoms with Gasteiger partial charge in [-0.05, 0) is 30.7 Å². The predicted molar refractivity (Wildman–Crippen MR) is 65.8 cm³/mol. The molecule has 2 rings (SSSR count). The summed E-state index contributed by atoms with van der Waals surface area (Å²) in [6, 6.07) is 7.79. The molecule has 80 valence electrons. The van der Waals surface area contributed by atoms with Crippen molar-refractivity contribution in [1.82, 2.24) is 9.78 Å². The number of rotatable bonds is 2. The first-order valence-electron chi connectivity index (χ1n) is 4.96. The zero-order valence-electron chi connectivity index (χ0n) is 8.81. The third kappa shape index (κ3) is 2.15. The lowest BCUT2D eigenvalue weighted by Gasteiger charge is -1.99. The van der Waals surface area contributed by atoms with Crippen molar-refractivity contribution >= 4 is 15.9 Å². The fourth-order valence-corrected chi connectivity index (χ4v) is 2.00. The summed E-state index contributed by atoms with van der Waals surface area (Å²) in [5, 5.41) is 13.1. The molecule has 0 fully saturated rings. The molecule has 0 amide bonds. The quantitative estimate of drug-likeness (QED) is 0.845. The van der Waals surface area contributed by atoms with E-state index in [9.17, 15) is 0 Å². The first-order valence-corrected chi connectivity index (χ1v) is 5.75. The van der Waals surface area contributed by atoms with Gasteiger partial charge < -0.3 is 0 Å². The number of aromatic nitrogens is 2. The van der Waals surface area contributed by atoms with Crippen molar-refractivity contribution in [2.24, 2.45) is 0 Å². The summed E-state index contributed by atoms with van der Waals surface area (Å²) >= 11 is 3.40. The van der Waals surface area contributed by atoms with Crippen molar-refractivity contribution in [3.63, 3.8) is 0 Å². The highest BCUT2D eigenvalue weighted by Crippen LogP contribution is 2.24. The van der Waals surface area contributed by atoms with E-state index in [0.29, 0.717) is 5.56 Å². The van der Waals surface area contributed by atoms with Gasteiger partial charge in [0.2, 0.25) is 0 Å². The molecule has 0 radical (unpaired) electrons. The van der Waals surface area contributed by atoms with Crippen LogP contribution in [0.5, 0.6) is 0 Å². The zero-order chi connectivity index (χ0) is 11.5. The molecule has 0 unspecified atom stereocenters. The van der Waals surface area contributed by atoms with Crippen LogP contribution in [-0.4, -0.2) is 9.78 Å². The largest absolute Gasteiger partial charge is 0.272 e. The van der Waals surface area contributed by atoms with Crippen LogP contribution in [0.2, 0.25) is 0 Å². The maximum Gasteiger partial charge on any atom is 0.0992 e. The molecule has 0 N–H and O–H groups in total. The first-order chi connectivity index (χ1) is 7.72. The summed E-state index contributed by atoms with van der Waals surface area (Å²) in [7, 11) is 0. The molecular formula is C12H10BrN3. The maximum atomic E-state index is 8.89. The summed E-state index contributed by atoms with van der Waals surface area (Å²) in [6.07, 6.45) is 3.79. The average molecular weight is 276 g/mol. The summed E-state index contributed by atoms with van der Waals surface area (Å²) in [5.41, 5.74) is 2.68. The van der Waals surface area contributed by atoms with Gasteiger partial charge in [-0.25, -0.2) is 0 Å². The summed E-state index contributed by atoms with van der Waals surface area (Å²) in [6.45, 7) is 2.89. The lowest BCUT2D eigenvalue weighted by Crippen LogP contribution is -1.91. The predicted octanol–water partition coefficient (Wildman–Crippen LogP) is 3.20. The van der Waals surface area contributed by atoms with E-state index in [1.54, 1.807) is 6.07 Å². The SMILES string of the molecule is CCn1cc(-c2cc(Br)cc(C#N)c2)cn1. The molecule has 0 bridgehead atoms. The minimum atomic E-state index is 0.647. The summed E-state index contributed by atoms with van der Waals surface area (Å²) in [4.78, 5) is 0. The Hall–Kier alpha value is -1.60. The van der Waals surface area contributed by atoms with Crippen LogP contribution in [-0.2, 0) is 6.54 Å².